The van der Waals surface area contributed by atoms with Crippen LogP contribution in [0, 0.1) is 0 Å². The van der Waals surface area contributed by atoms with Crippen molar-refractivity contribution in [1.29, 1.82) is 0 Å². The predicted molar refractivity (Wildman–Crippen MR) is 97.4 cm³/mol. The van der Waals surface area contributed by atoms with E-state index in [0.717, 1.165) is 48.2 Å². The normalized spacial score (nSPS) is 18.8. The molecule has 1 aliphatic heterocycles. The maximum Gasteiger partial charge on any atom is 0.251 e. The number of rotatable bonds is 2. The van der Waals surface area contributed by atoms with E-state index in [-0.39, 0.29) is 18.0 Å². The first kappa shape index (κ1) is 15.7. The molecule has 1 saturated heterocycles. The zero-order valence-corrected chi connectivity index (χ0v) is 14.2. The number of halogens is 1. The predicted octanol–water partition coefficient (Wildman–Crippen LogP) is 2.94. The topological polar surface area (TPSA) is 62.2 Å². The number of aromatic amines is 1. The summed E-state index contributed by atoms with van der Waals surface area (Å²) in [6.45, 7) is 2.01. The summed E-state index contributed by atoms with van der Waals surface area (Å²) < 4.78 is 1.99. The lowest BCUT2D eigenvalue weighted by molar-refractivity contribution is 0.446. The Labute approximate surface area is 145 Å². The van der Waals surface area contributed by atoms with Crippen LogP contribution in [0.5, 0.6) is 0 Å². The molecule has 126 valence electrons. The molecule has 0 spiro atoms. The molecule has 24 heavy (non-hydrogen) atoms. The molecule has 5 nitrogen and oxygen atoms in total. The first-order valence-electron chi connectivity index (χ1n) is 8.56. The fourth-order valence-electron chi connectivity index (χ4n) is 3.96. The van der Waals surface area contributed by atoms with Crippen LogP contribution in [0.2, 0.25) is 0 Å². The van der Waals surface area contributed by atoms with Gasteiger partial charge < -0.3 is 10.3 Å². The third-order valence-electron chi connectivity index (χ3n) is 5.27. The molecule has 0 atom stereocenters. The number of hydrogen-bond donors (Lipinski definition) is 2. The molecule has 1 aliphatic carbocycles. The van der Waals surface area contributed by atoms with Gasteiger partial charge >= 0.3 is 0 Å². The number of nitrogens with zero attached hydrogens (tertiary/aromatic N) is 2. The molecule has 0 bridgehead atoms. The van der Waals surface area contributed by atoms with E-state index < -0.39 is 0 Å². The highest BCUT2D eigenvalue weighted by molar-refractivity contribution is 5.95. The average molecular weight is 345 g/mol. The number of hydrogen-bond acceptors (Lipinski definition) is 3. The quantitative estimate of drug-likeness (QED) is 0.751. The standard InChI is InChI=1S/C18H20N4O.ClH/c23-16-10-15(12-6-8-19-9-7-12)22-18(20-16)17-13(11-4-5-11)2-1-3-14(17)21-22;/h1-3,10-12,19H,4-9H2,(H,20,23);1H. The van der Waals surface area contributed by atoms with Crippen LogP contribution in [0.4, 0.5) is 0 Å². The van der Waals surface area contributed by atoms with Gasteiger partial charge in [0, 0.05) is 17.4 Å². The summed E-state index contributed by atoms with van der Waals surface area (Å²) in [6, 6.07) is 8.08. The maximum absolute atomic E-state index is 12.3. The van der Waals surface area contributed by atoms with Crippen LogP contribution in [-0.2, 0) is 0 Å². The van der Waals surface area contributed by atoms with Gasteiger partial charge in [-0.1, -0.05) is 12.1 Å². The molecule has 1 saturated carbocycles. The van der Waals surface area contributed by atoms with Crippen LogP contribution in [0.3, 0.4) is 0 Å². The van der Waals surface area contributed by atoms with E-state index >= 15 is 0 Å². The lowest BCUT2D eigenvalue weighted by atomic mass is 9.94. The molecule has 2 fully saturated rings. The van der Waals surface area contributed by atoms with Gasteiger partial charge in [0.25, 0.3) is 5.56 Å². The van der Waals surface area contributed by atoms with Gasteiger partial charge in [0.15, 0.2) is 0 Å². The summed E-state index contributed by atoms with van der Waals surface area (Å²) in [6.07, 6.45) is 4.61. The summed E-state index contributed by atoms with van der Waals surface area (Å²) >= 11 is 0. The Bertz CT molecular complexity index is 951. The van der Waals surface area contributed by atoms with E-state index in [4.69, 9.17) is 5.10 Å². The fourth-order valence-corrected chi connectivity index (χ4v) is 3.96. The average Bonchev–Trinajstić information content (AvgIpc) is 3.36. The third-order valence-corrected chi connectivity index (χ3v) is 5.27. The summed E-state index contributed by atoms with van der Waals surface area (Å²) in [5.41, 5.74) is 4.26. The van der Waals surface area contributed by atoms with Crippen LogP contribution in [0.1, 0.15) is 48.8 Å². The third kappa shape index (κ3) is 2.43. The fraction of sp³-hybridized carbons (Fsp3) is 0.444. The van der Waals surface area contributed by atoms with Crippen LogP contribution < -0.4 is 10.9 Å². The molecule has 6 heteroatoms. The minimum absolute atomic E-state index is 0. The highest BCUT2D eigenvalue weighted by atomic mass is 35.5. The first-order chi connectivity index (χ1) is 11.3. The second-order valence-electron chi connectivity index (χ2n) is 6.86. The molecule has 3 aromatic rings. The highest BCUT2D eigenvalue weighted by Gasteiger charge is 2.28. The van der Waals surface area contributed by atoms with E-state index in [1.807, 2.05) is 4.52 Å². The van der Waals surface area contributed by atoms with Crippen molar-refractivity contribution in [2.24, 2.45) is 0 Å². The Morgan fingerprint density at radius 3 is 2.62 bits per heavy atom. The van der Waals surface area contributed by atoms with Crippen LogP contribution in [0.25, 0.3) is 16.6 Å². The van der Waals surface area contributed by atoms with Gasteiger partial charge in [-0.25, -0.2) is 4.52 Å². The second kappa shape index (κ2) is 5.90. The Morgan fingerprint density at radius 1 is 1.08 bits per heavy atom. The molecule has 5 rings (SSSR count). The number of H-pyrrole nitrogens is 1. The molecule has 0 unspecified atom stereocenters. The summed E-state index contributed by atoms with van der Waals surface area (Å²) in [5, 5.41) is 9.36. The SMILES string of the molecule is Cl.O=c1cc(C2CCNCC2)n2nc3cccc(C4CC4)c3c2[nH]1. The van der Waals surface area contributed by atoms with E-state index in [9.17, 15) is 4.79 Å². The van der Waals surface area contributed by atoms with Gasteiger partial charge in [0.1, 0.15) is 5.65 Å². The van der Waals surface area contributed by atoms with Crippen molar-refractivity contribution in [2.45, 2.75) is 37.5 Å². The first-order valence-corrected chi connectivity index (χ1v) is 8.56. The summed E-state index contributed by atoms with van der Waals surface area (Å²) in [7, 11) is 0. The van der Waals surface area contributed by atoms with Gasteiger partial charge in [-0.3, -0.25) is 4.79 Å². The van der Waals surface area contributed by atoms with Gasteiger partial charge in [-0.05, 0) is 56.3 Å². The largest absolute Gasteiger partial charge is 0.317 e. The summed E-state index contributed by atoms with van der Waals surface area (Å²) in [4.78, 5) is 15.3. The zero-order valence-electron chi connectivity index (χ0n) is 13.4. The van der Waals surface area contributed by atoms with E-state index in [1.165, 1.54) is 18.4 Å². The number of piperidine rings is 1. The maximum atomic E-state index is 12.3. The molecule has 3 heterocycles. The van der Waals surface area contributed by atoms with Crippen LogP contribution in [0.15, 0.2) is 29.1 Å². The Balaban J connectivity index is 0.00000146. The minimum Gasteiger partial charge on any atom is -0.317 e. The van der Waals surface area contributed by atoms with Crippen molar-refractivity contribution < 1.29 is 0 Å². The van der Waals surface area contributed by atoms with Crippen molar-refractivity contribution in [3.63, 3.8) is 0 Å². The lowest BCUT2D eigenvalue weighted by Crippen LogP contribution is -2.28. The summed E-state index contributed by atoms with van der Waals surface area (Å²) in [5.74, 6) is 1.04. The zero-order chi connectivity index (χ0) is 15.4. The van der Waals surface area contributed by atoms with Crippen molar-refractivity contribution in [3.05, 3.63) is 45.9 Å². The van der Waals surface area contributed by atoms with Crippen molar-refractivity contribution in [1.82, 2.24) is 19.9 Å². The Kier molecular flexibility index (Phi) is 3.85. The molecule has 2 aromatic heterocycles. The van der Waals surface area contributed by atoms with Gasteiger partial charge in [-0.2, -0.15) is 5.10 Å². The smallest absolute Gasteiger partial charge is 0.251 e. The monoisotopic (exact) mass is 344 g/mol. The minimum atomic E-state index is -0.0153. The molecular formula is C18H21ClN4O. The molecule has 2 N–H and O–H groups in total. The van der Waals surface area contributed by atoms with Crippen molar-refractivity contribution in [2.75, 3.05) is 13.1 Å². The molecule has 0 amide bonds. The second-order valence-corrected chi connectivity index (χ2v) is 6.86. The van der Waals surface area contributed by atoms with Gasteiger partial charge in [0.2, 0.25) is 0 Å². The molecule has 2 aliphatic rings. The van der Waals surface area contributed by atoms with E-state index in [1.54, 1.807) is 6.07 Å². The van der Waals surface area contributed by atoms with Gasteiger partial charge in [-0.15, -0.1) is 12.4 Å². The van der Waals surface area contributed by atoms with E-state index in [0.29, 0.717) is 11.8 Å². The number of benzene rings is 1. The van der Waals surface area contributed by atoms with Gasteiger partial charge in [0.05, 0.1) is 11.2 Å². The molecule has 1 aromatic carbocycles. The molecule has 0 radical (unpaired) electrons. The number of fused-ring (bicyclic) bond motifs is 3. The Hall–Kier alpha value is -1.85. The van der Waals surface area contributed by atoms with Crippen molar-refractivity contribution in [3.8, 4) is 0 Å². The molecular weight excluding hydrogens is 324 g/mol. The highest BCUT2D eigenvalue weighted by Crippen LogP contribution is 2.43. The number of aromatic nitrogens is 3. The van der Waals surface area contributed by atoms with Crippen molar-refractivity contribution >= 4 is 29.0 Å². The lowest BCUT2D eigenvalue weighted by Gasteiger charge is -2.23. The van der Waals surface area contributed by atoms with E-state index in [2.05, 4.69) is 28.5 Å². The van der Waals surface area contributed by atoms with Crippen LogP contribution in [-0.4, -0.2) is 27.7 Å². The number of nitrogens with one attached hydrogen (secondary N) is 2. The Morgan fingerprint density at radius 2 is 1.88 bits per heavy atom. The van der Waals surface area contributed by atoms with Crippen LogP contribution >= 0.6 is 12.4 Å².